The number of benzene rings is 2. The third kappa shape index (κ3) is 4.15. The molecule has 2 N–H and O–H groups in total. The number of nitrogens with zero attached hydrogens (tertiary/aromatic N) is 5. The van der Waals surface area contributed by atoms with Crippen LogP contribution in [0.5, 0.6) is 17.6 Å². The van der Waals surface area contributed by atoms with E-state index in [0.717, 1.165) is 25.9 Å². The molecule has 6 heterocycles. The van der Waals surface area contributed by atoms with Crippen LogP contribution < -0.4 is 19.7 Å². The number of aromatic nitrogens is 3. The first-order chi connectivity index (χ1) is 20.9. The lowest BCUT2D eigenvalue weighted by Crippen LogP contribution is -2.53. The topological polar surface area (TPSA) is 95.9 Å². The van der Waals surface area contributed by atoms with Gasteiger partial charge in [-0.2, -0.15) is 9.97 Å². The van der Waals surface area contributed by atoms with Gasteiger partial charge in [-0.25, -0.2) is 13.8 Å². The predicted octanol–water partition coefficient (Wildman–Crippen LogP) is 3.80. The molecule has 220 valence electrons. The van der Waals surface area contributed by atoms with Crippen molar-refractivity contribution in [3.63, 3.8) is 0 Å². The maximum absolute atomic E-state index is 16.8. The first-order valence-electron chi connectivity index (χ1n) is 14.7. The second kappa shape index (κ2) is 9.89. The molecule has 4 aliphatic heterocycles. The molecule has 3 fully saturated rings. The Balaban J connectivity index is 1.32. The molecular formula is C32H30F2N6O3. The number of halogens is 2. The lowest BCUT2D eigenvalue weighted by Gasteiger charge is -2.35. The normalized spacial score (nSPS) is 24.8. The molecule has 0 aliphatic carbocycles. The fraction of sp³-hybridized carbons (Fsp3) is 0.406. The summed E-state index contributed by atoms with van der Waals surface area (Å²) in [6.45, 7) is 3.77. The number of piperazine rings is 1. The average molecular weight is 585 g/mol. The molecule has 9 nitrogen and oxygen atoms in total. The van der Waals surface area contributed by atoms with Gasteiger partial charge in [0.1, 0.15) is 47.5 Å². The van der Waals surface area contributed by atoms with E-state index < -0.39 is 17.5 Å². The summed E-state index contributed by atoms with van der Waals surface area (Å²) in [6, 6.07) is 8.35. The standard InChI is InChI=1S/C32H30F2N6O3/c1-2-18-5-3-6-19-11-22(41)12-23(24(18)19)27-26(34)28-25-29(40-10-8-35-14-21(40)16-42-30(25)36-27)38-31(37-28)43-17-32-7-4-9-39(32)15-20(33)13-32/h1,3,5-6,11-12,20-21,35,41H,4,7-10,13-17H2. The van der Waals surface area contributed by atoms with Crippen LogP contribution in [-0.4, -0.2) is 88.6 Å². The van der Waals surface area contributed by atoms with Crippen molar-refractivity contribution in [2.75, 3.05) is 50.8 Å². The fourth-order valence-corrected chi connectivity index (χ4v) is 7.39. The Kier molecular flexibility index (Phi) is 6.07. The number of ether oxygens (including phenoxy) is 2. The molecule has 4 aliphatic rings. The van der Waals surface area contributed by atoms with Crippen molar-refractivity contribution in [3.8, 4) is 41.2 Å². The number of terminal acetylenes is 1. The Morgan fingerprint density at radius 2 is 2.12 bits per heavy atom. The van der Waals surface area contributed by atoms with Crippen molar-refractivity contribution in [2.45, 2.75) is 37.0 Å². The molecule has 4 aromatic rings. The number of alkyl halides is 1. The monoisotopic (exact) mass is 584 g/mol. The van der Waals surface area contributed by atoms with Gasteiger partial charge in [0.15, 0.2) is 5.82 Å². The summed E-state index contributed by atoms with van der Waals surface area (Å²) in [4.78, 5) is 18.3. The minimum absolute atomic E-state index is 0.00410. The quantitative estimate of drug-likeness (QED) is 0.348. The number of nitrogens with one attached hydrogen (secondary N) is 1. The van der Waals surface area contributed by atoms with Crippen LogP contribution in [0.2, 0.25) is 0 Å². The molecule has 0 radical (unpaired) electrons. The smallest absolute Gasteiger partial charge is 0.319 e. The fourth-order valence-electron chi connectivity index (χ4n) is 7.39. The molecule has 0 amide bonds. The van der Waals surface area contributed by atoms with Gasteiger partial charge in [0.2, 0.25) is 5.88 Å². The van der Waals surface area contributed by atoms with Gasteiger partial charge in [0.05, 0.1) is 11.6 Å². The van der Waals surface area contributed by atoms with Crippen LogP contribution in [0, 0.1) is 18.2 Å². The van der Waals surface area contributed by atoms with E-state index in [1.54, 1.807) is 24.3 Å². The van der Waals surface area contributed by atoms with E-state index in [1.807, 2.05) is 0 Å². The maximum atomic E-state index is 16.8. The minimum atomic E-state index is -0.900. The second-order valence-electron chi connectivity index (χ2n) is 11.9. The number of rotatable bonds is 4. The SMILES string of the molecule is C#Cc1cccc2cc(O)cc(-c3nc4c5c(nc(OCC67CCCN6CC(F)C7)nc5c3F)N3CCNCC3CO4)c12. The summed E-state index contributed by atoms with van der Waals surface area (Å²) in [6.07, 6.45) is 7.13. The lowest BCUT2D eigenvalue weighted by molar-refractivity contribution is 0.107. The number of fused-ring (bicyclic) bond motifs is 4. The highest BCUT2D eigenvalue weighted by atomic mass is 19.1. The van der Waals surface area contributed by atoms with Gasteiger partial charge < -0.3 is 24.8 Å². The van der Waals surface area contributed by atoms with Crippen LogP contribution in [-0.2, 0) is 0 Å². The highest BCUT2D eigenvalue weighted by molar-refractivity contribution is 6.04. The molecular weight excluding hydrogens is 554 g/mol. The number of hydrogen-bond acceptors (Lipinski definition) is 9. The molecule has 0 saturated carbocycles. The van der Waals surface area contributed by atoms with Crippen LogP contribution in [0.1, 0.15) is 24.8 Å². The summed E-state index contributed by atoms with van der Waals surface area (Å²) < 4.78 is 43.7. The maximum Gasteiger partial charge on any atom is 0.319 e. The van der Waals surface area contributed by atoms with Crippen molar-refractivity contribution in [1.82, 2.24) is 25.2 Å². The van der Waals surface area contributed by atoms with E-state index in [1.165, 1.54) is 6.07 Å². The largest absolute Gasteiger partial charge is 0.508 e. The van der Waals surface area contributed by atoms with Crippen molar-refractivity contribution in [2.24, 2.45) is 0 Å². The van der Waals surface area contributed by atoms with Gasteiger partial charge in [-0.05, 0) is 43.0 Å². The Morgan fingerprint density at radius 1 is 1.21 bits per heavy atom. The van der Waals surface area contributed by atoms with Crippen LogP contribution in [0.3, 0.4) is 0 Å². The Labute approximate surface area is 246 Å². The van der Waals surface area contributed by atoms with E-state index in [0.29, 0.717) is 65.8 Å². The molecule has 43 heavy (non-hydrogen) atoms. The van der Waals surface area contributed by atoms with Gasteiger partial charge >= 0.3 is 6.01 Å². The molecule has 2 aromatic carbocycles. The Hall–Kier alpha value is -4.27. The Bertz CT molecular complexity index is 1830. The minimum Gasteiger partial charge on any atom is -0.508 e. The summed E-state index contributed by atoms with van der Waals surface area (Å²) in [7, 11) is 0. The number of aromatic hydroxyl groups is 1. The number of pyridine rings is 1. The molecule has 2 aromatic heterocycles. The molecule has 3 atom stereocenters. The van der Waals surface area contributed by atoms with Crippen LogP contribution in [0.15, 0.2) is 30.3 Å². The number of phenols is 1. The molecule has 8 rings (SSSR count). The van der Waals surface area contributed by atoms with Crippen molar-refractivity contribution >= 4 is 27.5 Å². The zero-order valence-corrected chi connectivity index (χ0v) is 23.4. The van der Waals surface area contributed by atoms with Gasteiger partial charge in [-0.15, -0.1) is 6.42 Å². The van der Waals surface area contributed by atoms with Crippen molar-refractivity contribution in [3.05, 3.63) is 41.7 Å². The number of hydrogen-bond donors (Lipinski definition) is 2. The zero-order chi connectivity index (χ0) is 29.3. The molecule has 3 unspecified atom stereocenters. The first-order valence-corrected chi connectivity index (χ1v) is 14.7. The zero-order valence-electron chi connectivity index (χ0n) is 23.4. The first kappa shape index (κ1) is 26.4. The molecule has 11 heteroatoms. The van der Waals surface area contributed by atoms with E-state index in [-0.39, 0.29) is 41.5 Å². The van der Waals surface area contributed by atoms with Crippen molar-refractivity contribution in [1.29, 1.82) is 0 Å². The highest BCUT2D eigenvalue weighted by Gasteiger charge is 2.49. The molecule has 0 bridgehead atoms. The van der Waals surface area contributed by atoms with Crippen LogP contribution >= 0.6 is 0 Å². The van der Waals surface area contributed by atoms with E-state index in [2.05, 4.69) is 31.0 Å². The number of anilines is 1. The van der Waals surface area contributed by atoms with E-state index >= 15 is 4.39 Å². The number of phenolic OH excluding ortho intramolecular Hbond substituents is 1. The third-order valence-electron chi connectivity index (χ3n) is 9.35. The van der Waals surface area contributed by atoms with E-state index in [9.17, 15) is 9.50 Å². The summed E-state index contributed by atoms with van der Waals surface area (Å²) in [5, 5.41) is 15.6. The van der Waals surface area contributed by atoms with Gasteiger partial charge in [-0.1, -0.05) is 18.1 Å². The highest BCUT2D eigenvalue weighted by Crippen LogP contribution is 2.44. The average Bonchev–Trinajstić information content (AvgIpc) is 3.49. The second-order valence-corrected chi connectivity index (χ2v) is 11.9. The summed E-state index contributed by atoms with van der Waals surface area (Å²) in [5.41, 5.74) is 0.417. The summed E-state index contributed by atoms with van der Waals surface area (Å²) in [5.74, 6) is 2.62. The van der Waals surface area contributed by atoms with Gasteiger partial charge in [-0.3, -0.25) is 4.90 Å². The Morgan fingerprint density at radius 3 is 3.00 bits per heavy atom. The predicted molar refractivity (Wildman–Crippen MR) is 158 cm³/mol. The van der Waals surface area contributed by atoms with E-state index in [4.69, 9.17) is 20.9 Å². The molecule has 3 saturated heterocycles. The van der Waals surface area contributed by atoms with Crippen LogP contribution in [0.25, 0.3) is 32.9 Å². The van der Waals surface area contributed by atoms with Crippen LogP contribution in [0.4, 0.5) is 14.6 Å². The van der Waals surface area contributed by atoms with Crippen molar-refractivity contribution < 1.29 is 23.4 Å². The summed E-state index contributed by atoms with van der Waals surface area (Å²) >= 11 is 0. The third-order valence-corrected chi connectivity index (χ3v) is 9.35. The van der Waals surface area contributed by atoms with Gasteiger partial charge in [0, 0.05) is 49.1 Å². The lowest BCUT2D eigenvalue weighted by atomic mass is 9.95. The molecule has 0 spiro atoms. The van der Waals surface area contributed by atoms with Gasteiger partial charge in [0.25, 0.3) is 0 Å².